The van der Waals surface area contributed by atoms with E-state index in [1.165, 1.54) is 4.90 Å². The van der Waals surface area contributed by atoms with Crippen LogP contribution in [0.5, 0.6) is 0 Å². The fourth-order valence-corrected chi connectivity index (χ4v) is 5.67. The number of aliphatic hydroxyl groups excluding tert-OH is 1. The minimum atomic E-state index is -0.944. The molecule has 6 rings (SSSR count). The van der Waals surface area contributed by atoms with Gasteiger partial charge in [0.2, 0.25) is 0 Å². The van der Waals surface area contributed by atoms with Gasteiger partial charge in [-0.05, 0) is 80.4 Å². The fraction of sp³-hybridized carbons (Fsp3) is 0.182. The van der Waals surface area contributed by atoms with Crippen molar-refractivity contribution in [2.24, 2.45) is 5.84 Å². The average Bonchev–Trinajstić information content (AvgIpc) is 3.45. The Bertz CT molecular complexity index is 1700. The summed E-state index contributed by atoms with van der Waals surface area (Å²) < 4.78 is 0. The van der Waals surface area contributed by atoms with Gasteiger partial charge in [-0.1, -0.05) is 48.0 Å². The molecule has 0 bridgehead atoms. The van der Waals surface area contributed by atoms with Crippen molar-refractivity contribution in [3.8, 4) is 0 Å². The van der Waals surface area contributed by atoms with Gasteiger partial charge in [0, 0.05) is 23.4 Å². The molecule has 4 aromatic carbocycles. The quantitative estimate of drug-likeness (QED) is 0.157. The molecule has 206 valence electrons. The highest BCUT2D eigenvalue weighted by Crippen LogP contribution is 2.37. The molecule has 0 saturated carbocycles. The van der Waals surface area contributed by atoms with Gasteiger partial charge < -0.3 is 10.0 Å². The number of anilines is 2. The number of nitrogens with two attached hydrogens (primary N) is 1. The van der Waals surface area contributed by atoms with Crippen molar-refractivity contribution < 1.29 is 19.5 Å². The summed E-state index contributed by atoms with van der Waals surface area (Å²) in [4.78, 5) is 42.7. The lowest BCUT2D eigenvalue weighted by atomic mass is 9.91. The van der Waals surface area contributed by atoms with Crippen molar-refractivity contribution in [3.05, 3.63) is 130 Å². The Morgan fingerprint density at radius 3 is 2.24 bits per heavy atom. The Morgan fingerprint density at radius 2 is 1.56 bits per heavy atom. The molecule has 41 heavy (non-hydrogen) atoms. The third-order valence-electron chi connectivity index (χ3n) is 8.09. The number of aliphatic hydroxyl groups is 1. The molecule has 2 aliphatic rings. The van der Waals surface area contributed by atoms with E-state index in [2.05, 4.69) is 0 Å². The number of amides is 3. The summed E-state index contributed by atoms with van der Waals surface area (Å²) >= 11 is 0. The summed E-state index contributed by atoms with van der Waals surface area (Å²) in [6.07, 6.45) is -0.736. The average molecular weight is 547 g/mol. The number of fused-ring (bicyclic) bond motifs is 2. The number of carbonyl (C=O) groups excluding carboxylic acids is 3. The zero-order chi connectivity index (χ0) is 29.1. The first kappa shape index (κ1) is 26.4. The van der Waals surface area contributed by atoms with Gasteiger partial charge in [-0.15, -0.1) is 0 Å². The number of nitrogens with zero attached hydrogens (tertiary/aromatic N) is 3. The van der Waals surface area contributed by atoms with E-state index in [-0.39, 0.29) is 11.8 Å². The first-order valence-corrected chi connectivity index (χ1v) is 13.4. The Hall–Kier alpha value is -4.79. The second kappa shape index (κ2) is 9.69. The zero-order valence-corrected chi connectivity index (χ0v) is 23.0. The van der Waals surface area contributed by atoms with Crippen molar-refractivity contribution in [3.63, 3.8) is 0 Å². The van der Waals surface area contributed by atoms with Crippen molar-refractivity contribution in [2.45, 2.75) is 39.1 Å². The third-order valence-corrected chi connectivity index (χ3v) is 8.09. The first-order valence-electron chi connectivity index (χ1n) is 13.4. The molecule has 0 spiro atoms. The molecule has 8 nitrogen and oxygen atoms in total. The van der Waals surface area contributed by atoms with E-state index in [1.807, 2.05) is 68.1 Å². The number of hydrazine groups is 1. The van der Waals surface area contributed by atoms with Gasteiger partial charge in [-0.25, -0.2) is 10.9 Å². The lowest BCUT2D eigenvalue weighted by Crippen LogP contribution is -2.45. The van der Waals surface area contributed by atoms with Crippen LogP contribution >= 0.6 is 0 Å². The van der Waals surface area contributed by atoms with Gasteiger partial charge in [-0.2, -0.15) is 0 Å². The standard InChI is InChI=1S/C33H30N4O4/c1-20-8-17-27-28(18-20)32(41)36(31(27)40)33(2,3)23-11-9-21(10-12-23)29(38)37(34)25-15-13-24(14-16-25)35-19-22-6-4-5-7-26(22)30(35)39/h4-18,30,39H,19,34H2,1-3H3. The molecule has 0 radical (unpaired) electrons. The summed E-state index contributed by atoms with van der Waals surface area (Å²) in [5, 5.41) is 11.8. The summed E-state index contributed by atoms with van der Waals surface area (Å²) in [5.41, 5.74) is 5.11. The van der Waals surface area contributed by atoms with Crippen LogP contribution in [-0.2, 0) is 12.1 Å². The number of benzene rings is 4. The van der Waals surface area contributed by atoms with E-state index >= 15 is 0 Å². The molecule has 3 amide bonds. The van der Waals surface area contributed by atoms with Gasteiger partial charge in [0.25, 0.3) is 17.7 Å². The van der Waals surface area contributed by atoms with Crippen LogP contribution in [0.3, 0.4) is 0 Å². The fourth-order valence-electron chi connectivity index (χ4n) is 5.67. The van der Waals surface area contributed by atoms with Crippen molar-refractivity contribution >= 4 is 29.1 Å². The number of imide groups is 1. The lowest BCUT2D eigenvalue weighted by molar-refractivity contribution is 0.0474. The minimum absolute atomic E-state index is 0.333. The van der Waals surface area contributed by atoms with Crippen LogP contribution in [0.15, 0.2) is 91.0 Å². The summed E-state index contributed by atoms with van der Waals surface area (Å²) in [7, 11) is 0. The Morgan fingerprint density at radius 1 is 0.902 bits per heavy atom. The molecule has 2 heterocycles. The SMILES string of the molecule is Cc1ccc2c(c1)C(=O)N(C(C)(C)c1ccc(C(=O)N(N)c3ccc(N4Cc5ccccc5C4O)cc3)cc1)C2=O. The molecule has 0 aromatic heterocycles. The maximum Gasteiger partial charge on any atom is 0.272 e. The van der Waals surface area contributed by atoms with E-state index in [0.29, 0.717) is 34.5 Å². The predicted octanol–water partition coefficient (Wildman–Crippen LogP) is 5.06. The van der Waals surface area contributed by atoms with Gasteiger partial charge >= 0.3 is 0 Å². The second-order valence-corrected chi connectivity index (χ2v) is 11.0. The lowest BCUT2D eigenvalue weighted by Gasteiger charge is -2.34. The van der Waals surface area contributed by atoms with Crippen LogP contribution < -0.4 is 15.8 Å². The van der Waals surface area contributed by atoms with Crippen molar-refractivity contribution in [2.75, 3.05) is 9.91 Å². The molecule has 8 heteroatoms. The van der Waals surface area contributed by atoms with Crippen LogP contribution in [-0.4, -0.2) is 27.7 Å². The van der Waals surface area contributed by atoms with E-state index in [1.54, 1.807) is 48.5 Å². The molecule has 0 saturated heterocycles. The number of rotatable bonds is 5. The number of aryl methyl sites for hydroxylation is 1. The maximum atomic E-state index is 13.2. The van der Waals surface area contributed by atoms with Gasteiger partial charge in [-0.3, -0.25) is 19.3 Å². The Balaban J connectivity index is 1.17. The van der Waals surface area contributed by atoms with Crippen molar-refractivity contribution in [1.29, 1.82) is 0 Å². The van der Waals surface area contributed by atoms with E-state index < -0.39 is 17.7 Å². The van der Waals surface area contributed by atoms with Gasteiger partial charge in [0.05, 0.1) is 22.4 Å². The molecule has 4 aromatic rings. The molecule has 1 unspecified atom stereocenters. The highest BCUT2D eigenvalue weighted by molar-refractivity contribution is 6.22. The molecular formula is C33H30N4O4. The van der Waals surface area contributed by atoms with Crippen LogP contribution in [0.25, 0.3) is 0 Å². The smallest absolute Gasteiger partial charge is 0.272 e. The van der Waals surface area contributed by atoms with Gasteiger partial charge in [0.1, 0.15) is 0 Å². The number of hydrogen-bond donors (Lipinski definition) is 2. The normalized spacial score (nSPS) is 16.2. The largest absolute Gasteiger partial charge is 0.369 e. The van der Waals surface area contributed by atoms with E-state index in [9.17, 15) is 19.5 Å². The Kier molecular flexibility index (Phi) is 6.25. The molecular weight excluding hydrogens is 516 g/mol. The van der Waals surface area contributed by atoms with Crippen LogP contribution in [0, 0.1) is 6.92 Å². The molecule has 1 atom stereocenters. The molecule has 0 aliphatic carbocycles. The maximum absolute atomic E-state index is 13.2. The third kappa shape index (κ3) is 4.28. The summed E-state index contributed by atoms with van der Waals surface area (Å²) in [5.74, 6) is 5.14. The molecule has 3 N–H and O–H groups in total. The number of hydrogen-bond acceptors (Lipinski definition) is 6. The van der Waals surface area contributed by atoms with Gasteiger partial charge in [0.15, 0.2) is 6.23 Å². The molecule has 2 aliphatic heterocycles. The van der Waals surface area contributed by atoms with Crippen LogP contribution in [0.1, 0.15) is 73.4 Å². The topological polar surface area (TPSA) is 107 Å². The molecule has 0 fully saturated rings. The minimum Gasteiger partial charge on any atom is -0.369 e. The highest BCUT2D eigenvalue weighted by atomic mass is 16.3. The Labute approximate surface area is 238 Å². The second-order valence-electron chi connectivity index (χ2n) is 11.0. The van der Waals surface area contributed by atoms with Crippen LogP contribution in [0.2, 0.25) is 0 Å². The summed E-state index contributed by atoms with van der Waals surface area (Å²) in [6.45, 7) is 6.09. The highest BCUT2D eigenvalue weighted by Gasteiger charge is 2.45. The predicted molar refractivity (Wildman–Crippen MR) is 156 cm³/mol. The first-order chi connectivity index (χ1) is 19.6. The van der Waals surface area contributed by atoms with Crippen LogP contribution in [0.4, 0.5) is 11.4 Å². The summed E-state index contributed by atoms with van der Waals surface area (Å²) in [6, 6.07) is 26.9. The number of carbonyl (C=O) groups is 3. The van der Waals surface area contributed by atoms with E-state index in [0.717, 1.165) is 27.4 Å². The zero-order valence-electron chi connectivity index (χ0n) is 23.0. The van der Waals surface area contributed by atoms with E-state index in [4.69, 9.17) is 5.84 Å². The monoisotopic (exact) mass is 546 g/mol. The van der Waals surface area contributed by atoms with Crippen molar-refractivity contribution in [1.82, 2.24) is 4.90 Å².